The van der Waals surface area contributed by atoms with E-state index in [-0.39, 0.29) is 35.7 Å². The molecule has 2 heterocycles. The highest BCUT2D eigenvalue weighted by Crippen LogP contribution is 2.49. The van der Waals surface area contributed by atoms with E-state index >= 15 is 0 Å². The first kappa shape index (κ1) is 18.4. The van der Waals surface area contributed by atoms with Gasteiger partial charge in [0.25, 0.3) is 0 Å². The van der Waals surface area contributed by atoms with E-state index in [0.29, 0.717) is 0 Å². The maximum Gasteiger partial charge on any atom is 0.237 e. The summed E-state index contributed by atoms with van der Waals surface area (Å²) in [6.45, 7) is 0. The average molecular weight is 406 g/mol. The molecular weight excluding hydrogens is 388 g/mol. The number of nitrogens with zero attached hydrogens (tertiary/aromatic N) is 2. The Bertz CT molecular complexity index is 985. The largest absolute Gasteiger partial charge is 0.508 e. The van der Waals surface area contributed by atoms with Gasteiger partial charge in [-0.25, -0.2) is 9.80 Å². The number of phenols is 2. The molecule has 4 unspecified atom stereocenters. The number of anilines is 2. The summed E-state index contributed by atoms with van der Waals surface area (Å²) in [6.07, 6.45) is 0.240. The van der Waals surface area contributed by atoms with Gasteiger partial charge >= 0.3 is 0 Å². The lowest BCUT2D eigenvalue weighted by molar-refractivity contribution is -0.129. The van der Waals surface area contributed by atoms with Crippen LogP contribution in [0.1, 0.15) is 12.8 Å². The highest BCUT2D eigenvalue weighted by molar-refractivity contribution is 6.25. The second kappa shape index (κ2) is 6.41. The minimum absolute atomic E-state index is 0.0630. The van der Waals surface area contributed by atoms with Crippen LogP contribution in [-0.2, 0) is 19.2 Å². The third kappa shape index (κ3) is 2.53. The predicted molar refractivity (Wildman–Crippen MR) is 104 cm³/mol. The highest BCUT2D eigenvalue weighted by atomic mass is 16.3. The standard InChI is InChI=1S/C22H18N2O6/c25-13-5-1-3-11(7-13)23-19(27)15-9-17-18(10-16(15)20(23)28)22(30)24(21(17)29)12-4-2-6-14(26)8-12/h1-8,15-18,25-26H,9-10H2. The quantitative estimate of drug-likeness (QED) is 0.735. The molecule has 5 rings (SSSR count). The molecule has 4 atom stereocenters. The number of phenolic OH excluding ortho intramolecular Hbond substituents is 2. The normalized spacial score (nSPS) is 28.1. The van der Waals surface area contributed by atoms with Gasteiger partial charge in [0.1, 0.15) is 11.5 Å². The van der Waals surface area contributed by atoms with E-state index in [4.69, 9.17) is 0 Å². The molecule has 3 fully saturated rings. The van der Waals surface area contributed by atoms with Crippen molar-refractivity contribution < 1.29 is 29.4 Å². The fourth-order valence-corrected chi connectivity index (χ4v) is 4.95. The molecule has 2 aromatic rings. The Morgan fingerprint density at radius 2 is 0.933 bits per heavy atom. The first-order valence-electron chi connectivity index (χ1n) is 9.70. The van der Waals surface area contributed by atoms with E-state index in [2.05, 4.69) is 0 Å². The molecule has 1 aliphatic carbocycles. The molecule has 3 aliphatic rings. The molecular formula is C22H18N2O6. The second-order valence-electron chi connectivity index (χ2n) is 7.96. The summed E-state index contributed by atoms with van der Waals surface area (Å²) in [7, 11) is 0. The summed E-state index contributed by atoms with van der Waals surface area (Å²) in [5.41, 5.74) is 0.562. The van der Waals surface area contributed by atoms with Crippen LogP contribution in [0.4, 0.5) is 11.4 Å². The molecule has 0 spiro atoms. The van der Waals surface area contributed by atoms with E-state index < -0.39 is 47.3 Å². The summed E-state index contributed by atoms with van der Waals surface area (Å²) >= 11 is 0. The number of amides is 4. The SMILES string of the molecule is O=C1C2CC3C(=O)N(c4cccc(O)c4)C(=O)C3CC2C(=O)N1c1cccc(O)c1. The zero-order valence-corrected chi connectivity index (χ0v) is 15.8. The smallest absolute Gasteiger partial charge is 0.237 e. The maximum atomic E-state index is 13.0. The molecule has 0 radical (unpaired) electrons. The minimum atomic E-state index is -0.679. The number of carbonyl (C=O) groups is 4. The van der Waals surface area contributed by atoms with Crippen LogP contribution in [0.25, 0.3) is 0 Å². The lowest BCUT2D eigenvalue weighted by Gasteiger charge is -2.28. The van der Waals surface area contributed by atoms with Crippen molar-refractivity contribution in [2.45, 2.75) is 12.8 Å². The third-order valence-electron chi connectivity index (χ3n) is 6.31. The van der Waals surface area contributed by atoms with E-state index in [1.807, 2.05) is 0 Å². The summed E-state index contributed by atoms with van der Waals surface area (Å²) in [5.74, 6) is -4.49. The Labute approximate surface area is 171 Å². The van der Waals surface area contributed by atoms with Crippen molar-refractivity contribution in [1.29, 1.82) is 0 Å². The lowest BCUT2D eigenvalue weighted by atomic mass is 9.70. The van der Waals surface area contributed by atoms with Crippen molar-refractivity contribution in [3.05, 3.63) is 48.5 Å². The number of rotatable bonds is 2. The Hall–Kier alpha value is -3.68. The number of benzene rings is 2. The van der Waals surface area contributed by atoms with Crippen molar-refractivity contribution in [2.75, 3.05) is 9.80 Å². The summed E-state index contributed by atoms with van der Waals surface area (Å²) < 4.78 is 0. The van der Waals surface area contributed by atoms with Gasteiger partial charge in [-0.3, -0.25) is 19.2 Å². The van der Waals surface area contributed by atoms with Crippen molar-refractivity contribution in [2.24, 2.45) is 23.7 Å². The van der Waals surface area contributed by atoms with Gasteiger partial charge < -0.3 is 10.2 Å². The van der Waals surface area contributed by atoms with Crippen molar-refractivity contribution in [3.63, 3.8) is 0 Å². The van der Waals surface area contributed by atoms with E-state index in [9.17, 15) is 29.4 Å². The first-order valence-corrected chi connectivity index (χ1v) is 9.70. The van der Waals surface area contributed by atoms with Crippen LogP contribution in [0.2, 0.25) is 0 Å². The summed E-state index contributed by atoms with van der Waals surface area (Å²) in [4.78, 5) is 54.2. The van der Waals surface area contributed by atoms with Crippen LogP contribution < -0.4 is 9.80 Å². The summed E-state index contributed by atoms with van der Waals surface area (Å²) in [6, 6.07) is 11.8. The van der Waals surface area contributed by atoms with Crippen molar-refractivity contribution >= 4 is 35.0 Å². The van der Waals surface area contributed by atoms with Gasteiger partial charge in [-0.1, -0.05) is 12.1 Å². The number of aromatic hydroxyl groups is 2. The fraction of sp³-hybridized carbons (Fsp3) is 0.273. The van der Waals surface area contributed by atoms with Gasteiger partial charge in [0.2, 0.25) is 23.6 Å². The van der Waals surface area contributed by atoms with Crippen LogP contribution in [0.5, 0.6) is 11.5 Å². The second-order valence-corrected chi connectivity index (χ2v) is 7.96. The molecule has 2 N–H and O–H groups in total. The molecule has 8 heteroatoms. The predicted octanol–water partition coefficient (Wildman–Crippen LogP) is 1.80. The molecule has 0 bridgehead atoms. The molecule has 30 heavy (non-hydrogen) atoms. The monoisotopic (exact) mass is 406 g/mol. The summed E-state index contributed by atoms with van der Waals surface area (Å²) in [5, 5.41) is 19.4. The van der Waals surface area contributed by atoms with Crippen molar-refractivity contribution in [3.8, 4) is 11.5 Å². The molecule has 8 nitrogen and oxygen atoms in total. The Morgan fingerprint density at radius 1 is 0.600 bits per heavy atom. The molecule has 1 saturated carbocycles. The molecule has 4 amide bonds. The minimum Gasteiger partial charge on any atom is -0.508 e. The zero-order valence-electron chi connectivity index (χ0n) is 15.8. The zero-order chi connectivity index (χ0) is 21.2. The van der Waals surface area contributed by atoms with Gasteiger partial charge in [0.15, 0.2) is 0 Å². The average Bonchev–Trinajstić information content (AvgIpc) is 3.11. The Morgan fingerprint density at radius 3 is 1.23 bits per heavy atom. The fourth-order valence-electron chi connectivity index (χ4n) is 4.95. The van der Waals surface area contributed by atoms with Crippen LogP contribution in [-0.4, -0.2) is 33.8 Å². The number of fused-ring (bicyclic) bond motifs is 2. The van der Waals surface area contributed by atoms with Crippen LogP contribution in [0, 0.1) is 23.7 Å². The maximum absolute atomic E-state index is 13.0. The van der Waals surface area contributed by atoms with Crippen LogP contribution in [0.3, 0.4) is 0 Å². The Kier molecular flexibility index (Phi) is 3.92. The highest BCUT2D eigenvalue weighted by Gasteiger charge is 2.60. The Balaban J connectivity index is 1.45. The van der Waals surface area contributed by atoms with E-state index in [0.717, 1.165) is 9.80 Å². The van der Waals surface area contributed by atoms with Crippen molar-refractivity contribution in [1.82, 2.24) is 0 Å². The third-order valence-corrected chi connectivity index (χ3v) is 6.31. The molecule has 152 valence electrons. The number of hydrogen-bond acceptors (Lipinski definition) is 6. The molecule has 2 saturated heterocycles. The van der Waals surface area contributed by atoms with Gasteiger partial charge in [-0.2, -0.15) is 0 Å². The number of imide groups is 2. The van der Waals surface area contributed by atoms with Gasteiger partial charge in [-0.05, 0) is 37.1 Å². The van der Waals surface area contributed by atoms with E-state index in [1.54, 1.807) is 24.3 Å². The van der Waals surface area contributed by atoms with Crippen LogP contribution >= 0.6 is 0 Å². The number of carbonyl (C=O) groups excluding carboxylic acids is 4. The molecule has 2 aliphatic heterocycles. The van der Waals surface area contributed by atoms with Gasteiger partial charge in [0.05, 0.1) is 35.0 Å². The van der Waals surface area contributed by atoms with Gasteiger partial charge in [0, 0.05) is 12.1 Å². The lowest BCUT2D eigenvalue weighted by Crippen LogP contribution is -2.35. The van der Waals surface area contributed by atoms with Crippen LogP contribution in [0.15, 0.2) is 48.5 Å². The first-order chi connectivity index (χ1) is 14.4. The van der Waals surface area contributed by atoms with Gasteiger partial charge in [-0.15, -0.1) is 0 Å². The number of hydrogen-bond donors (Lipinski definition) is 2. The van der Waals surface area contributed by atoms with E-state index in [1.165, 1.54) is 24.3 Å². The molecule has 0 aromatic heterocycles. The molecule has 2 aromatic carbocycles. The topological polar surface area (TPSA) is 115 Å².